The molecule has 0 saturated heterocycles. The Labute approximate surface area is 128 Å². The molecule has 4 nitrogen and oxygen atoms in total. The lowest BCUT2D eigenvalue weighted by Crippen LogP contribution is -2.18. The zero-order valence-corrected chi connectivity index (χ0v) is 12.3. The fourth-order valence-corrected chi connectivity index (χ4v) is 1.98. The van der Waals surface area contributed by atoms with Crippen LogP contribution in [0.2, 0.25) is 0 Å². The van der Waals surface area contributed by atoms with Crippen LogP contribution < -0.4 is 10.1 Å². The number of ether oxygens (including phenoxy) is 1. The van der Waals surface area contributed by atoms with Gasteiger partial charge >= 0.3 is 0 Å². The normalized spacial score (nSPS) is 11.8. The van der Waals surface area contributed by atoms with Gasteiger partial charge in [-0.1, -0.05) is 12.1 Å². The fourth-order valence-electron chi connectivity index (χ4n) is 1.98. The third kappa shape index (κ3) is 4.30. The van der Waals surface area contributed by atoms with Crippen LogP contribution in [0.25, 0.3) is 0 Å². The van der Waals surface area contributed by atoms with E-state index < -0.39 is 5.92 Å². The largest absolute Gasteiger partial charge is 0.491 e. The molecule has 0 aliphatic carbocycles. The van der Waals surface area contributed by atoms with Gasteiger partial charge in [0.05, 0.1) is 12.5 Å². The molecule has 0 heterocycles. The van der Waals surface area contributed by atoms with E-state index in [0.717, 1.165) is 0 Å². The van der Waals surface area contributed by atoms with Crippen LogP contribution in [0.15, 0.2) is 48.5 Å². The summed E-state index contributed by atoms with van der Waals surface area (Å²) in [5.74, 6) is -0.414. The molecule has 2 aromatic rings. The van der Waals surface area contributed by atoms with E-state index in [1.165, 1.54) is 12.1 Å². The number of halogens is 1. The summed E-state index contributed by atoms with van der Waals surface area (Å²) in [5.41, 5.74) is 1.25. The molecule has 0 aliphatic rings. The lowest BCUT2D eigenvalue weighted by Gasteiger charge is -2.13. The summed E-state index contributed by atoms with van der Waals surface area (Å²) in [7, 11) is 0. The highest BCUT2D eigenvalue weighted by Gasteiger charge is 2.15. The van der Waals surface area contributed by atoms with Crippen LogP contribution in [-0.4, -0.2) is 24.2 Å². The number of aliphatic hydroxyl groups is 1. The van der Waals surface area contributed by atoms with Crippen molar-refractivity contribution in [2.45, 2.75) is 12.8 Å². The first kappa shape index (κ1) is 16.0. The number of amides is 1. The van der Waals surface area contributed by atoms with Crippen molar-refractivity contribution >= 4 is 11.6 Å². The third-order valence-electron chi connectivity index (χ3n) is 3.22. The Bertz CT molecular complexity index is 628. The van der Waals surface area contributed by atoms with Crippen molar-refractivity contribution in [1.29, 1.82) is 0 Å². The molecule has 0 aliphatic heterocycles. The summed E-state index contributed by atoms with van der Waals surface area (Å²) >= 11 is 0. The van der Waals surface area contributed by atoms with Crippen LogP contribution in [0.5, 0.6) is 5.75 Å². The van der Waals surface area contributed by atoms with Gasteiger partial charge in [-0.25, -0.2) is 4.39 Å². The van der Waals surface area contributed by atoms with E-state index in [1.807, 2.05) is 0 Å². The van der Waals surface area contributed by atoms with Gasteiger partial charge in [0.1, 0.15) is 18.2 Å². The highest BCUT2D eigenvalue weighted by atomic mass is 19.1. The van der Waals surface area contributed by atoms with Crippen LogP contribution in [0.1, 0.15) is 18.4 Å². The van der Waals surface area contributed by atoms with Gasteiger partial charge in [0.15, 0.2) is 0 Å². The van der Waals surface area contributed by atoms with E-state index in [2.05, 4.69) is 5.32 Å². The Hall–Kier alpha value is -2.40. The molecule has 1 atom stereocenters. The van der Waals surface area contributed by atoms with Crippen molar-refractivity contribution in [2.24, 2.45) is 0 Å². The maximum absolute atomic E-state index is 13.2. The fraction of sp³-hybridized carbons (Fsp3) is 0.235. The van der Waals surface area contributed by atoms with Crippen molar-refractivity contribution in [3.05, 3.63) is 59.9 Å². The van der Waals surface area contributed by atoms with E-state index >= 15 is 0 Å². The minimum Gasteiger partial charge on any atom is -0.491 e. The number of nitrogens with one attached hydrogen (secondary N) is 1. The summed E-state index contributed by atoms with van der Waals surface area (Å²) < 4.78 is 18.4. The second-order valence-corrected chi connectivity index (χ2v) is 4.86. The molecule has 0 radical (unpaired) electrons. The maximum atomic E-state index is 13.2. The zero-order chi connectivity index (χ0) is 15.9. The number of carbonyl (C=O) groups excluding carboxylic acids is 1. The summed E-state index contributed by atoms with van der Waals surface area (Å²) in [6, 6.07) is 12.8. The van der Waals surface area contributed by atoms with Crippen LogP contribution in [-0.2, 0) is 4.79 Å². The number of hydrogen-bond donors (Lipinski definition) is 2. The molecule has 2 rings (SSSR count). The molecular weight excluding hydrogens is 285 g/mol. The minimum absolute atomic E-state index is 0.0519. The molecule has 2 N–H and O–H groups in total. The van der Waals surface area contributed by atoms with Crippen LogP contribution in [0, 0.1) is 5.82 Å². The minimum atomic E-state index is -0.457. The van der Waals surface area contributed by atoms with Gasteiger partial charge in [0, 0.05) is 5.69 Å². The molecule has 0 saturated carbocycles. The highest BCUT2D eigenvalue weighted by molar-refractivity contribution is 5.95. The van der Waals surface area contributed by atoms with Crippen molar-refractivity contribution in [3.63, 3.8) is 0 Å². The molecular formula is C17H18FNO3. The standard InChI is InChI=1S/C17H18FNO3/c1-12(13-3-2-4-14(18)11-13)17(21)19-15-5-7-16(8-6-15)22-10-9-20/h2-8,11-12,20H,9-10H2,1H3,(H,19,21). The lowest BCUT2D eigenvalue weighted by molar-refractivity contribution is -0.117. The summed E-state index contributed by atoms with van der Waals surface area (Å²) in [4.78, 5) is 12.2. The van der Waals surface area contributed by atoms with E-state index in [1.54, 1.807) is 43.3 Å². The Morgan fingerprint density at radius 2 is 2.00 bits per heavy atom. The van der Waals surface area contributed by atoms with Gasteiger partial charge in [-0.2, -0.15) is 0 Å². The number of anilines is 1. The van der Waals surface area contributed by atoms with Crippen LogP contribution >= 0.6 is 0 Å². The molecule has 22 heavy (non-hydrogen) atoms. The van der Waals surface area contributed by atoms with Gasteiger partial charge in [-0.3, -0.25) is 4.79 Å². The lowest BCUT2D eigenvalue weighted by atomic mass is 10.0. The van der Waals surface area contributed by atoms with E-state index in [-0.39, 0.29) is 24.9 Å². The molecule has 0 spiro atoms. The molecule has 5 heteroatoms. The van der Waals surface area contributed by atoms with Crippen molar-refractivity contribution in [1.82, 2.24) is 0 Å². The summed E-state index contributed by atoms with van der Waals surface area (Å²) in [5, 5.41) is 11.5. The third-order valence-corrected chi connectivity index (χ3v) is 3.22. The topological polar surface area (TPSA) is 58.6 Å². The number of hydrogen-bond acceptors (Lipinski definition) is 3. The second kappa shape index (κ2) is 7.56. The van der Waals surface area contributed by atoms with E-state index in [9.17, 15) is 9.18 Å². The Morgan fingerprint density at radius 3 is 2.64 bits per heavy atom. The molecule has 0 bridgehead atoms. The number of rotatable bonds is 6. The Kier molecular flexibility index (Phi) is 5.49. The Morgan fingerprint density at radius 1 is 1.27 bits per heavy atom. The van der Waals surface area contributed by atoms with E-state index in [0.29, 0.717) is 17.0 Å². The van der Waals surface area contributed by atoms with Crippen molar-refractivity contribution < 1.29 is 19.0 Å². The van der Waals surface area contributed by atoms with Crippen molar-refractivity contribution in [2.75, 3.05) is 18.5 Å². The van der Waals surface area contributed by atoms with Crippen LogP contribution in [0.4, 0.5) is 10.1 Å². The first-order chi connectivity index (χ1) is 10.6. The predicted octanol–water partition coefficient (Wildman–Crippen LogP) is 2.94. The molecule has 0 fully saturated rings. The second-order valence-electron chi connectivity index (χ2n) is 4.86. The first-order valence-electron chi connectivity index (χ1n) is 7.00. The summed E-state index contributed by atoms with van der Waals surface area (Å²) in [6.45, 7) is 1.90. The average molecular weight is 303 g/mol. The molecule has 116 valence electrons. The molecule has 2 aromatic carbocycles. The van der Waals surface area contributed by atoms with Crippen LogP contribution in [0.3, 0.4) is 0 Å². The van der Waals surface area contributed by atoms with Gasteiger partial charge in [0.2, 0.25) is 5.91 Å². The zero-order valence-electron chi connectivity index (χ0n) is 12.3. The highest BCUT2D eigenvalue weighted by Crippen LogP contribution is 2.20. The predicted molar refractivity (Wildman–Crippen MR) is 82.5 cm³/mol. The van der Waals surface area contributed by atoms with Gasteiger partial charge < -0.3 is 15.2 Å². The van der Waals surface area contributed by atoms with Gasteiger partial charge in [-0.15, -0.1) is 0 Å². The molecule has 1 unspecified atom stereocenters. The van der Waals surface area contributed by atoms with E-state index in [4.69, 9.17) is 9.84 Å². The molecule has 0 aromatic heterocycles. The number of carbonyl (C=O) groups is 1. The van der Waals surface area contributed by atoms with Gasteiger partial charge in [0.25, 0.3) is 0 Å². The smallest absolute Gasteiger partial charge is 0.231 e. The number of benzene rings is 2. The SMILES string of the molecule is CC(C(=O)Nc1ccc(OCCO)cc1)c1cccc(F)c1. The molecule has 1 amide bonds. The van der Waals surface area contributed by atoms with Crippen molar-refractivity contribution in [3.8, 4) is 5.75 Å². The summed E-state index contributed by atoms with van der Waals surface area (Å²) in [6.07, 6.45) is 0. The monoisotopic (exact) mass is 303 g/mol. The number of aliphatic hydroxyl groups excluding tert-OH is 1. The average Bonchev–Trinajstić information content (AvgIpc) is 2.53. The maximum Gasteiger partial charge on any atom is 0.231 e. The van der Waals surface area contributed by atoms with Gasteiger partial charge in [-0.05, 0) is 48.9 Å². The quantitative estimate of drug-likeness (QED) is 0.862. The first-order valence-corrected chi connectivity index (χ1v) is 7.00. The Balaban J connectivity index is 1.99.